The SMILES string of the molecule is C[C@H](C(=O)OC(C)(C)C)[C@@H](CC1CCCCC1)N(Cc1ccccc1)[C@H](C)c1ccccc1. The molecule has 1 aliphatic rings. The Labute approximate surface area is 201 Å². The van der Waals surface area contributed by atoms with Gasteiger partial charge in [-0.15, -0.1) is 0 Å². The van der Waals surface area contributed by atoms with Gasteiger partial charge in [0.1, 0.15) is 5.60 Å². The second-order valence-corrected chi connectivity index (χ2v) is 10.9. The Kier molecular flexibility index (Phi) is 9.14. The molecular formula is C30H43NO2. The predicted octanol–water partition coefficient (Wildman–Crippen LogP) is 7.57. The Hall–Kier alpha value is -2.13. The van der Waals surface area contributed by atoms with Gasteiger partial charge in [0.25, 0.3) is 0 Å². The lowest BCUT2D eigenvalue weighted by Crippen LogP contribution is -2.46. The molecule has 1 fully saturated rings. The third kappa shape index (κ3) is 7.71. The predicted molar refractivity (Wildman–Crippen MR) is 137 cm³/mol. The minimum Gasteiger partial charge on any atom is -0.460 e. The quantitative estimate of drug-likeness (QED) is 0.370. The average Bonchev–Trinajstić information content (AvgIpc) is 2.81. The highest BCUT2D eigenvalue weighted by Crippen LogP contribution is 2.36. The highest BCUT2D eigenvalue weighted by Gasteiger charge is 2.36. The van der Waals surface area contributed by atoms with Crippen molar-refractivity contribution in [3.8, 4) is 0 Å². The van der Waals surface area contributed by atoms with E-state index in [0.29, 0.717) is 5.92 Å². The van der Waals surface area contributed by atoms with Crippen molar-refractivity contribution in [3.05, 3.63) is 71.8 Å². The van der Waals surface area contributed by atoms with Crippen LogP contribution in [0.3, 0.4) is 0 Å². The van der Waals surface area contributed by atoms with Gasteiger partial charge in [0, 0.05) is 18.6 Å². The van der Waals surface area contributed by atoms with E-state index in [1.54, 1.807) is 0 Å². The van der Waals surface area contributed by atoms with Crippen molar-refractivity contribution >= 4 is 5.97 Å². The van der Waals surface area contributed by atoms with Gasteiger partial charge < -0.3 is 4.74 Å². The smallest absolute Gasteiger partial charge is 0.310 e. The standard InChI is InChI=1S/C30H43NO2/c1-23(29(32)33-30(3,4)5)28(21-25-15-9-6-10-16-25)31(22-26-17-11-7-12-18-26)24(2)27-19-13-8-14-20-27/h7-8,11-14,17-20,23-25,28H,6,9-10,15-16,21-22H2,1-5H3/t23-,24+,28+/m0/s1. The Bertz CT molecular complexity index is 837. The van der Waals surface area contributed by atoms with E-state index in [2.05, 4.69) is 79.4 Å². The third-order valence-corrected chi connectivity index (χ3v) is 7.07. The van der Waals surface area contributed by atoms with Crippen molar-refractivity contribution in [2.24, 2.45) is 11.8 Å². The van der Waals surface area contributed by atoms with E-state index in [4.69, 9.17) is 4.74 Å². The van der Waals surface area contributed by atoms with Crippen LogP contribution >= 0.6 is 0 Å². The van der Waals surface area contributed by atoms with Crippen molar-refractivity contribution in [2.75, 3.05) is 0 Å². The van der Waals surface area contributed by atoms with E-state index in [1.165, 1.54) is 43.2 Å². The molecule has 2 aromatic rings. The number of benzene rings is 2. The topological polar surface area (TPSA) is 29.5 Å². The molecule has 2 aromatic carbocycles. The lowest BCUT2D eigenvalue weighted by Gasteiger charge is -2.42. The maximum absolute atomic E-state index is 13.3. The summed E-state index contributed by atoms with van der Waals surface area (Å²) in [6.45, 7) is 11.1. The summed E-state index contributed by atoms with van der Waals surface area (Å²) >= 11 is 0. The van der Waals surface area contributed by atoms with Gasteiger partial charge in [-0.25, -0.2) is 0 Å². The molecule has 1 aliphatic carbocycles. The summed E-state index contributed by atoms with van der Waals surface area (Å²) in [5.41, 5.74) is 2.10. The van der Waals surface area contributed by atoms with Gasteiger partial charge in [-0.05, 0) is 51.2 Å². The Morgan fingerprint density at radius 1 is 0.939 bits per heavy atom. The fraction of sp³-hybridized carbons (Fsp3) is 0.567. The first-order valence-electron chi connectivity index (χ1n) is 12.8. The van der Waals surface area contributed by atoms with Crippen LogP contribution in [0.15, 0.2) is 60.7 Å². The summed E-state index contributed by atoms with van der Waals surface area (Å²) in [6, 6.07) is 21.7. The second-order valence-electron chi connectivity index (χ2n) is 10.9. The molecule has 0 aliphatic heterocycles. The summed E-state index contributed by atoms with van der Waals surface area (Å²) in [4.78, 5) is 15.9. The summed E-state index contributed by atoms with van der Waals surface area (Å²) in [6.07, 6.45) is 7.56. The first-order valence-corrected chi connectivity index (χ1v) is 12.8. The van der Waals surface area contributed by atoms with Crippen LogP contribution in [0.25, 0.3) is 0 Å². The van der Waals surface area contributed by atoms with Crippen molar-refractivity contribution in [1.82, 2.24) is 4.90 Å². The first-order chi connectivity index (χ1) is 15.7. The van der Waals surface area contributed by atoms with Crippen molar-refractivity contribution < 1.29 is 9.53 Å². The monoisotopic (exact) mass is 449 g/mol. The summed E-state index contributed by atoms with van der Waals surface area (Å²) in [5.74, 6) is 0.401. The Balaban J connectivity index is 1.95. The van der Waals surface area contributed by atoms with Crippen LogP contribution < -0.4 is 0 Å². The van der Waals surface area contributed by atoms with Crippen molar-refractivity contribution in [2.45, 2.75) is 97.4 Å². The van der Waals surface area contributed by atoms with Gasteiger partial charge in [-0.3, -0.25) is 9.69 Å². The molecule has 180 valence electrons. The molecule has 0 spiro atoms. The minimum atomic E-state index is -0.476. The Morgan fingerprint density at radius 3 is 2.09 bits per heavy atom. The lowest BCUT2D eigenvalue weighted by atomic mass is 9.80. The van der Waals surface area contributed by atoms with E-state index in [0.717, 1.165) is 13.0 Å². The molecule has 0 N–H and O–H groups in total. The maximum Gasteiger partial charge on any atom is 0.310 e. The molecule has 3 heteroatoms. The van der Waals surface area contributed by atoms with Gasteiger partial charge in [0.15, 0.2) is 0 Å². The molecule has 1 saturated carbocycles. The van der Waals surface area contributed by atoms with Crippen LogP contribution in [-0.2, 0) is 16.1 Å². The van der Waals surface area contributed by atoms with Gasteiger partial charge in [-0.1, -0.05) is 99.7 Å². The highest BCUT2D eigenvalue weighted by atomic mass is 16.6. The fourth-order valence-electron chi connectivity index (χ4n) is 5.20. The van der Waals surface area contributed by atoms with Crippen LogP contribution in [0, 0.1) is 11.8 Å². The van der Waals surface area contributed by atoms with E-state index in [1.807, 2.05) is 20.8 Å². The molecule has 0 amide bonds. The van der Waals surface area contributed by atoms with Crippen LogP contribution in [0.1, 0.15) is 90.3 Å². The van der Waals surface area contributed by atoms with Gasteiger partial charge >= 0.3 is 5.97 Å². The number of nitrogens with zero attached hydrogens (tertiary/aromatic N) is 1. The number of carbonyl (C=O) groups excluding carboxylic acids is 1. The molecular weight excluding hydrogens is 406 g/mol. The molecule has 33 heavy (non-hydrogen) atoms. The van der Waals surface area contributed by atoms with Crippen LogP contribution in [0.4, 0.5) is 0 Å². The number of esters is 1. The zero-order chi connectivity index (χ0) is 23.8. The summed E-state index contributed by atoms with van der Waals surface area (Å²) < 4.78 is 5.89. The van der Waals surface area contributed by atoms with Crippen molar-refractivity contribution in [3.63, 3.8) is 0 Å². The Morgan fingerprint density at radius 2 is 1.52 bits per heavy atom. The highest BCUT2D eigenvalue weighted by molar-refractivity contribution is 5.73. The zero-order valence-corrected chi connectivity index (χ0v) is 21.3. The molecule has 0 bridgehead atoms. The van der Waals surface area contributed by atoms with Gasteiger partial charge in [0.2, 0.25) is 0 Å². The zero-order valence-electron chi connectivity index (χ0n) is 21.3. The normalized spacial score (nSPS) is 18.0. The van der Waals surface area contributed by atoms with Crippen molar-refractivity contribution in [1.29, 1.82) is 0 Å². The molecule has 0 aromatic heterocycles. The number of hydrogen-bond donors (Lipinski definition) is 0. The number of rotatable bonds is 9. The third-order valence-electron chi connectivity index (χ3n) is 7.07. The molecule has 0 unspecified atom stereocenters. The largest absolute Gasteiger partial charge is 0.460 e. The lowest BCUT2D eigenvalue weighted by molar-refractivity contribution is -0.162. The van der Waals surface area contributed by atoms with E-state index in [9.17, 15) is 4.79 Å². The summed E-state index contributed by atoms with van der Waals surface area (Å²) in [7, 11) is 0. The van der Waals surface area contributed by atoms with E-state index < -0.39 is 5.60 Å². The van der Waals surface area contributed by atoms with Crippen LogP contribution in [-0.4, -0.2) is 22.5 Å². The second kappa shape index (κ2) is 11.8. The van der Waals surface area contributed by atoms with E-state index in [-0.39, 0.29) is 24.0 Å². The van der Waals surface area contributed by atoms with Crippen LogP contribution in [0.5, 0.6) is 0 Å². The number of ether oxygens (including phenoxy) is 1. The number of hydrogen-bond acceptors (Lipinski definition) is 3. The minimum absolute atomic E-state index is 0.0818. The molecule has 0 heterocycles. The molecule has 3 atom stereocenters. The molecule has 0 radical (unpaired) electrons. The van der Waals surface area contributed by atoms with Crippen LogP contribution in [0.2, 0.25) is 0 Å². The molecule has 3 nitrogen and oxygen atoms in total. The maximum atomic E-state index is 13.3. The van der Waals surface area contributed by atoms with Gasteiger partial charge in [0.05, 0.1) is 5.92 Å². The molecule has 3 rings (SSSR count). The fourth-order valence-corrected chi connectivity index (χ4v) is 5.20. The average molecular weight is 450 g/mol. The molecule has 0 saturated heterocycles. The van der Waals surface area contributed by atoms with Gasteiger partial charge in [-0.2, -0.15) is 0 Å². The first kappa shape index (κ1) is 25.5. The van der Waals surface area contributed by atoms with E-state index >= 15 is 0 Å². The summed E-state index contributed by atoms with van der Waals surface area (Å²) in [5, 5.41) is 0. The number of carbonyl (C=O) groups is 1.